The summed E-state index contributed by atoms with van der Waals surface area (Å²) in [5.74, 6) is 1.32. The maximum absolute atomic E-state index is 12.5. The first-order chi connectivity index (χ1) is 15.2. The van der Waals surface area contributed by atoms with Gasteiger partial charge in [0.15, 0.2) is 11.0 Å². The zero-order chi connectivity index (χ0) is 21.2. The van der Waals surface area contributed by atoms with Crippen LogP contribution in [-0.4, -0.2) is 29.7 Å². The van der Waals surface area contributed by atoms with Crippen molar-refractivity contribution in [3.05, 3.63) is 95.3 Å². The molecule has 0 radical (unpaired) electrons. The number of hydrogen-bond donors (Lipinski definition) is 1. The van der Waals surface area contributed by atoms with Gasteiger partial charge in [-0.2, -0.15) is 0 Å². The molecule has 2 aromatic carbocycles. The lowest BCUT2D eigenvalue weighted by Crippen LogP contribution is -2.13. The van der Waals surface area contributed by atoms with Crippen LogP contribution < -0.4 is 5.56 Å². The van der Waals surface area contributed by atoms with Crippen LogP contribution in [0.25, 0.3) is 28.0 Å². The quantitative estimate of drug-likeness (QED) is 0.419. The number of aromatic nitrogens is 6. The number of fused-ring (bicyclic) bond motifs is 1. The zero-order valence-electron chi connectivity index (χ0n) is 16.6. The lowest BCUT2D eigenvalue weighted by Gasteiger charge is -2.13. The van der Waals surface area contributed by atoms with E-state index in [1.54, 1.807) is 18.5 Å². The van der Waals surface area contributed by atoms with Gasteiger partial charge in [-0.3, -0.25) is 14.3 Å². The smallest absolute Gasteiger partial charge is 0.258 e. The van der Waals surface area contributed by atoms with Crippen molar-refractivity contribution in [1.82, 2.24) is 29.7 Å². The SMILES string of the molecule is C[C@@H](Sc1nnc(-c2ccncc2)n1-c1ccccc1)c1nc2ccccc2c(=O)[nH]1. The highest BCUT2D eigenvalue weighted by atomic mass is 32.2. The third-order valence-corrected chi connectivity index (χ3v) is 5.94. The van der Waals surface area contributed by atoms with E-state index in [0.717, 1.165) is 17.1 Å². The van der Waals surface area contributed by atoms with Crippen LogP contribution in [-0.2, 0) is 0 Å². The fourth-order valence-electron chi connectivity index (χ4n) is 3.36. The van der Waals surface area contributed by atoms with Crippen LogP contribution in [0.2, 0.25) is 0 Å². The Morgan fingerprint density at radius 1 is 0.935 bits per heavy atom. The monoisotopic (exact) mass is 426 g/mol. The second-order valence-electron chi connectivity index (χ2n) is 6.94. The van der Waals surface area contributed by atoms with Gasteiger partial charge in [0, 0.05) is 23.6 Å². The zero-order valence-corrected chi connectivity index (χ0v) is 17.5. The number of thioether (sulfide) groups is 1. The molecular weight excluding hydrogens is 408 g/mol. The van der Waals surface area contributed by atoms with Crippen molar-refractivity contribution in [3.8, 4) is 17.1 Å². The molecule has 5 rings (SSSR count). The van der Waals surface area contributed by atoms with Crippen molar-refractivity contribution in [1.29, 1.82) is 0 Å². The fourth-order valence-corrected chi connectivity index (χ4v) is 4.28. The first-order valence-electron chi connectivity index (χ1n) is 9.77. The molecular formula is C23H18N6OS. The van der Waals surface area contributed by atoms with E-state index in [1.165, 1.54) is 11.8 Å². The van der Waals surface area contributed by atoms with E-state index in [2.05, 4.69) is 25.1 Å². The van der Waals surface area contributed by atoms with Gasteiger partial charge in [0.1, 0.15) is 5.82 Å². The van der Waals surface area contributed by atoms with Crippen LogP contribution >= 0.6 is 11.8 Å². The normalized spacial score (nSPS) is 12.2. The summed E-state index contributed by atoms with van der Waals surface area (Å²) in [6.07, 6.45) is 3.47. The van der Waals surface area contributed by atoms with E-state index in [1.807, 2.05) is 72.2 Å². The lowest BCUT2D eigenvalue weighted by molar-refractivity contribution is 0.862. The molecule has 1 N–H and O–H groups in total. The van der Waals surface area contributed by atoms with Gasteiger partial charge in [0.2, 0.25) is 0 Å². The Kier molecular flexibility index (Phi) is 5.05. The van der Waals surface area contributed by atoms with E-state index in [0.29, 0.717) is 21.9 Å². The third kappa shape index (κ3) is 3.73. The summed E-state index contributed by atoms with van der Waals surface area (Å²) in [6, 6.07) is 21.1. The first kappa shape index (κ1) is 19.2. The summed E-state index contributed by atoms with van der Waals surface area (Å²) >= 11 is 1.49. The van der Waals surface area contributed by atoms with Crippen LogP contribution in [0, 0.1) is 0 Å². The van der Waals surface area contributed by atoms with E-state index in [4.69, 9.17) is 0 Å². The molecule has 0 fully saturated rings. The lowest BCUT2D eigenvalue weighted by atomic mass is 10.2. The third-order valence-electron chi connectivity index (χ3n) is 4.88. The van der Waals surface area contributed by atoms with E-state index in [-0.39, 0.29) is 10.8 Å². The number of H-pyrrole nitrogens is 1. The van der Waals surface area contributed by atoms with Gasteiger partial charge in [0.25, 0.3) is 5.56 Å². The molecule has 152 valence electrons. The van der Waals surface area contributed by atoms with Crippen LogP contribution in [0.4, 0.5) is 0 Å². The Bertz CT molecular complexity index is 1400. The molecule has 1 atom stereocenters. The van der Waals surface area contributed by atoms with Gasteiger partial charge in [-0.05, 0) is 43.3 Å². The first-order valence-corrected chi connectivity index (χ1v) is 10.7. The van der Waals surface area contributed by atoms with Crippen molar-refractivity contribution >= 4 is 22.7 Å². The highest BCUT2D eigenvalue weighted by Crippen LogP contribution is 2.35. The van der Waals surface area contributed by atoms with Gasteiger partial charge in [-0.15, -0.1) is 10.2 Å². The Balaban J connectivity index is 1.57. The molecule has 0 amide bonds. The molecule has 0 saturated heterocycles. The number of rotatable bonds is 5. The number of para-hydroxylation sites is 2. The molecule has 0 unspecified atom stereocenters. The molecule has 5 aromatic rings. The summed E-state index contributed by atoms with van der Waals surface area (Å²) in [5.41, 5.74) is 2.41. The Labute approximate surface area is 182 Å². The van der Waals surface area contributed by atoms with Crippen molar-refractivity contribution in [3.63, 3.8) is 0 Å². The average Bonchev–Trinajstić information content (AvgIpc) is 3.23. The van der Waals surface area contributed by atoms with Crippen molar-refractivity contribution < 1.29 is 0 Å². The second-order valence-corrected chi connectivity index (χ2v) is 8.25. The highest BCUT2D eigenvalue weighted by molar-refractivity contribution is 7.99. The van der Waals surface area contributed by atoms with Gasteiger partial charge >= 0.3 is 0 Å². The standard InChI is InChI=1S/C23H18N6OS/c1-15(20-25-19-10-6-5-9-18(19)22(30)26-20)31-23-28-27-21(16-11-13-24-14-12-16)29(23)17-7-3-2-4-8-17/h2-15H,1H3,(H,25,26,30)/t15-/m1/s1. The number of pyridine rings is 1. The minimum absolute atomic E-state index is 0.143. The molecule has 7 nitrogen and oxygen atoms in total. The molecule has 0 bridgehead atoms. The average molecular weight is 427 g/mol. The van der Waals surface area contributed by atoms with Crippen LogP contribution in [0.3, 0.4) is 0 Å². The molecule has 3 aromatic heterocycles. The molecule has 0 aliphatic heterocycles. The van der Waals surface area contributed by atoms with E-state index >= 15 is 0 Å². The molecule has 3 heterocycles. The molecule has 8 heteroatoms. The summed E-state index contributed by atoms with van der Waals surface area (Å²) in [6.45, 7) is 1.99. The summed E-state index contributed by atoms with van der Waals surface area (Å²) in [5, 5.41) is 10.0. The predicted octanol–water partition coefficient (Wildman–Crippen LogP) is 4.42. The van der Waals surface area contributed by atoms with Gasteiger partial charge in [-0.25, -0.2) is 4.98 Å². The largest absolute Gasteiger partial charge is 0.309 e. The maximum atomic E-state index is 12.5. The Hall–Kier alpha value is -3.78. The second kappa shape index (κ2) is 8.16. The minimum atomic E-state index is -0.144. The summed E-state index contributed by atoms with van der Waals surface area (Å²) in [4.78, 5) is 24.2. The number of hydrogen-bond acceptors (Lipinski definition) is 6. The van der Waals surface area contributed by atoms with E-state index < -0.39 is 0 Å². The van der Waals surface area contributed by atoms with Crippen molar-refractivity contribution in [2.24, 2.45) is 0 Å². The summed E-state index contributed by atoms with van der Waals surface area (Å²) in [7, 11) is 0. The van der Waals surface area contributed by atoms with Crippen LogP contribution in [0.1, 0.15) is 18.0 Å². The molecule has 0 aliphatic rings. The molecule has 0 saturated carbocycles. The number of nitrogens with zero attached hydrogens (tertiary/aromatic N) is 5. The van der Waals surface area contributed by atoms with Gasteiger partial charge in [0.05, 0.1) is 16.2 Å². The maximum Gasteiger partial charge on any atom is 0.258 e. The predicted molar refractivity (Wildman–Crippen MR) is 121 cm³/mol. The van der Waals surface area contributed by atoms with Crippen LogP contribution in [0.5, 0.6) is 0 Å². The minimum Gasteiger partial charge on any atom is -0.309 e. The fraction of sp³-hybridized carbons (Fsp3) is 0.0870. The summed E-state index contributed by atoms with van der Waals surface area (Å²) < 4.78 is 2.01. The molecule has 0 aliphatic carbocycles. The van der Waals surface area contributed by atoms with Gasteiger partial charge in [-0.1, -0.05) is 42.1 Å². The van der Waals surface area contributed by atoms with Crippen molar-refractivity contribution in [2.45, 2.75) is 17.3 Å². The Morgan fingerprint density at radius 3 is 2.48 bits per heavy atom. The van der Waals surface area contributed by atoms with Crippen LogP contribution in [0.15, 0.2) is 89.1 Å². The Morgan fingerprint density at radius 2 is 1.68 bits per heavy atom. The number of benzene rings is 2. The highest BCUT2D eigenvalue weighted by Gasteiger charge is 2.20. The number of nitrogens with one attached hydrogen (secondary N) is 1. The molecule has 31 heavy (non-hydrogen) atoms. The topological polar surface area (TPSA) is 89.3 Å². The van der Waals surface area contributed by atoms with E-state index in [9.17, 15) is 4.79 Å². The number of aromatic amines is 1. The van der Waals surface area contributed by atoms with Gasteiger partial charge < -0.3 is 4.98 Å². The van der Waals surface area contributed by atoms with Crippen molar-refractivity contribution in [2.75, 3.05) is 0 Å². The molecule has 0 spiro atoms.